The number of carbonyl (C=O) groups excluding carboxylic acids is 2. The lowest BCUT2D eigenvalue weighted by Crippen LogP contribution is -2.45. The summed E-state index contributed by atoms with van der Waals surface area (Å²) < 4.78 is 0. The van der Waals surface area contributed by atoms with E-state index in [4.69, 9.17) is 5.73 Å². The topological polar surface area (TPSA) is 66.6 Å². The first-order chi connectivity index (χ1) is 9.08. The molecule has 0 spiro atoms. The number of nitrogens with two attached hydrogens (primary N) is 1. The monoisotopic (exact) mass is 267 g/mol. The Kier molecular flexibility index (Phi) is 4.80. The molecule has 2 aliphatic heterocycles. The van der Waals surface area contributed by atoms with Crippen molar-refractivity contribution in [3.8, 4) is 0 Å². The van der Waals surface area contributed by atoms with Gasteiger partial charge in [-0.1, -0.05) is 6.92 Å². The predicted octanol–water partition coefficient (Wildman–Crippen LogP) is 0.585. The Hall–Kier alpha value is -1.10. The number of hydrogen-bond donors (Lipinski definition) is 1. The van der Waals surface area contributed by atoms with Gasteiger partial charge in [-0.2, -0.15) is 0 Å². The lowest BCUT2D eigenvalue weighted by atomic mass is 10.0. The third kappa shape index (κ3) is 3.69. The summed E-state index contributed by atoms with van der Waals surface area (Å²) in [6.45, 7) is 5.82. The zero-order valence-corrected chi connectivity index (χ0v) is 11.8. The maximum absolute atomic E-state index is 11.7. The number of likely N-dealkylation sites (tertiary alicyclic amines) is 2. The summed E-state index contributed by atoms with van der Waals surface area (Å²) in [4.78, 5) is 27.2. The number of amides is 2. The van der Waals surface area contributed by atoms with Crippen LogP contribution in [0.1, 0.15) is 39.0 Å². The predicted molar refractivity (Wildman–Crippen MR) is 73.4 cm³/mol. The van der Waals surface area contributed by atoms with Crippen molar-refractivity contribution in [3.05, 3.63) is 0 Å². The van der Waals surface area contributed by atoms with Crippen molar-refractivity contribution in [2.75, 3.05) is 26.2 Å². The van der Waals surface area contributed by atoms with Gasteiger partial charge in [0.1, 0.15) is 0 Å². The molecule has 0 aromatic rings. The highest BCUT2D eigenvalue weighted by Crippen LogP contribution is 2.22. The molecule has 5 heteroatoms. The lowest BCUT2D eigenvalue weighted by Gasteiger charge is -2.36. The molecule has 0 aromatic heterocycles. The van der Waals surface area contributed by atoms with Crippen molar-refractivity contribution in [3.63, 3.8) is 0 Å². The second-order valence-electron chi connectivity index (χ2n) is 5.86. The lowest BCUT2D eigenvalue weighted by molar-refractivity contribution is -0.130. The second kappa shape index (κ2) is 6.37. The van der Waals surface area contributed by atoms with E-state index in [0.717, 1.165) is 58.3 Å². The van der Waals surface area contributed by atoms with Gasteiger partial charge in [-0.15, -0.1) is 0 Å². The van der Waals surface area contributed by atoms with Crippen molar-refractivity contribution in [2.45, 2.75) is 45.1 Å². The average Bonchev–Trinajstić information content (AvgIpc) is 2.82. The molecule has 2 saturated heterocycles. The van der Waals surface area contributed by atoms with Crippen LogP contribution >= 0.6 is 0 Å². The van der Waals surface area contributed by atoms with Crippen LogP contribution in [0.5, 0.6) is 0 Å². The molecule has 0 saturated carbocycles. The second-order valence-corrected chi connectivity index (χ2v) is 5.86. The minimum atomic E-state index is -0.211. The van der Waals surface area contributed by atoms with Crippen molar-refractivity contribution in [1.29, 1.82) is 0 Å². The standard InChI is InChI=1S/C14H25N3O2/c1-11(14(15)19)4-8-16-9-5-12(6-10-16)17-7-2-3-13(17)18/h11-12H,2-10H2,1H3,(H2,15,19). The summed E-state index contributed by atoms with van der Waals surface area (Å²) >= 11 is 0. The zero-order valence-electron chi connectivity index (χ0n) is 11.8. The molecule has 1 unspecified atom stereocenters. The maximum atomic E-state index is 11.7. The van der Waals surface area contributed by atoms with E-state index in [1.807, 2.05) is 6.92 Å². The first kappa shape index (κ1) is 14.3. The normalized spacial score (nSPS) is 23.8. The molecule has 2 fully saturated rings. The van der Waals surface area contributed by atoms with Crippen molar-refractivity contribution >= 4 is 11.8 Å². The minimum absolute atomic E-state index is 0.0436. The third-order valence-corrected chi connectivity index (χ3v) is 4.47. The number of primary amides is 1. The molecule has 0 bridgehead atoms. The fourth-order valence-corrected chi connectivity index (χ4v) is 3.03. The molecule has 5 nitrogen and oxygen atoms in total. The Balaban J connectivity index is 1.70. The van der Waals surface area contributed by atoms with Crippen LogP contribution in [0.3, 0.4) is 0 Å². The highest BCUT2D eigenvalue weighted by atomic mass is 16.2. The molecular formula is C14H25N3O2. The van der Waals surface area contributed by atoms with Crippen LogP contribution in [0.4, 0.5) is 0 Å². The first-order valence-corrected chi connectivity index (χ1v) is 7.39. The SMILES string of the molecule is CC(CCN1CCC(N2CCCC2=O)CC1)C(N)=O. The van der Waals surface area contributed by atoms with Crippen LogP contribution in [0.25, 0.3) is 0 Å². The van der Waals surface area contributed by atoms with Gasteiger partial charge >= 0.3 is 0 Å². The molecule has 2 aliphatic rings. The molecule has 0 aromatic carbocycles. The molecular weight excluding hydrogens is 242 g/mol. The van der Waals surface area contributed by atoms with E-state index >= 15 is 0 Å². The van der Waals surface area contributed by atoms with Crippen LogP contribution in [-0.4, -0.2) is 53.8 Å². The Labute approximate surface area is 115 Å². The average molecular weight is 267 g/mol. The van der Waals surface area contributed by atoms with Gasteiger partial charge in [0, 0.05) is 38.0 Å². The van der Waals surface area contributed by atoms with Crippen LogP contribution in [0.15, 0.2) is 0 Å². The summed E-state index contributed by atoms with van der Waals surface area (Å²) in [5.74, 6) is 0.0798. The Morgan fingerprint density at radius 3 is 2.58 bits per heavy atom. The summed E-state index contributed by atoms with van der Waals surface area (Å²) in [5, 5.41) is 0. The molecule has 2 amide bonds. The molecule has 1 atom stereocenters. The van der Waals surface area contributed by atoms with Gasteiger partial charge < -0.3 is 15.5 Å². The number of rotatable bonds is 5. The zero-order chi connectivity index (χ0) is 13.8. The smallest absolute Gasteiger partial charge is 0.222 e. The van der Waals surface area contributed by atoms with Gasteiger partial charge in [-0.3, -0.25) is 9.59 Å². The van der Waals surface area contributed by atoms with E-state index in [1.165, 1.54) is 0 Å². The fourth-order valence-electron chi connectivity index (χ4n) is 3.03. The fraction of sp³-hybridized carbons (Fsp3) is 0.857. The summed E-state index contributed by atoms with van der Waals surface area (Å²) in [6, 6.07) is 0.444. The van der Waals surface area contributed by atoms with Crippen LogP contribution < -0.4 is 5.73 Å². The molecule has 108 valence electrons. The minimum Gasteiger partial charge on any atom is -0.369 e. The van der Waals surface area contributed by atoms with Gasteiger partial charge in [0.05, 0.1) is 0 Å². The number of carbonyl (C=O) groups is 2. The van der Waals surface area contributed by atoms with Crippen LogP contribution in [-0.2, 0) is 9.59 Å². The van der Waals surface area contributed by atoms with E-state index in [1.54, 1.807) is 0 Å². The first-order valence-electron chi connectivity index (χ1n) is 7.39. The summed E-state index contributed by atoms with van der Waals surface area (Å²) in [6.07, 6.45) is 4.72. The maximum Gasteiger partial charge on any atom is 0.222 e. The number of piperidine rings is 1. The number of nitrogens with zero attached hydrogens (tertiary/aromatic N) is 2. The summed E-state index contributed by atoms with van der Waals surface area (Å²) in [7, 11) is 0. The Bertz CT molecular complexity index is 338. The van der Waals surface area contributed by atoms with Crippen molar-refractivity contribution < 1.29 is 9.59 Å². The third-order valence-electron chi connectivity index (χ3n) is 4.47. The van der Waals surface area contributed by atoms with E-state index in [0.29, 0.717) is 11.9 Å². The Morgan fingerprint density at radius 2 is 2.05 bits per heavy atom. The molecule has 19 heavy (non-hydrogen) atoms. The molecule has 0 aliphatic carbocycles. The van der Waals surface area contributed by atoms with E-state index in [9.17, 15) is 9.59 Å². The van der Waals surface area contributed by atoms with Gasteiger partial charge in [0.2, 0.25) is 11.8 Å². The Morgan fingerprint density at radius 1 is 1.37 bits per heavy atom. The van der Waals surface area contributed by atoms with Crippen LogP contribution in [0.2, 0.25) is 0 Å². The van der Waals surface area contributed by atoms with Gasteiger partial charge in [0.15, 0.2) is 0 Å². The van der Waals surface area contributed by atoms with E-state index in [2.05, 4.69) is 9.80 Å². The van der Waals surface area contributed by atoms with Crippen molar-refractivity contribution in [1.82, 2.24) is 9.80 Å². The number of hydrogen-bond acceptors (Lipinski definition) is 3. The highest BCUT2D eigenvalue weighted by Gasteiger charge is 2.30. The largest absolute Gasteiger partial charge is 0.369 e. The van der Waals surface area contributed by atoms with E-state index < -0.39 is 0 Å². The highest BCUT2D eigenvalue weighted by molar-refractivity contribution is 5.78. The molecule has 0 radical (unpaired) electrons. The van der Waals surface area contributed by atoms with Crippen LogP contribution in [0, 0.1) is 5.92 Å². The molecule has 2 heterocycles. The summed E-state index contributed by atoms with van der Waals surface area (Å²) in [5.41, 5.74) is 5.27. The van der Waals surface area contributed by atoms with E-state index in [-0.39, 0.29) is 11.8 Å². The molecule has 2 rings (SSSR count). The van der Waals surface area contributed by atoms with Gasteiger partial charge in [0.25, 0.3) is 0 Å². The van der Waals surface area contributed by atoms with Gasteiger partial charge in [-0.25, -0.2) is 0 Å². The molecule has 2 N–H and O–H groups in total. The van der Waals surface area contributed by atoms with Crippen molar-refractivity contribution in [2.24, 2.45) is 11.7 Å². The quantitative estimate of drug-likeness (QED) is 0.792. The van der Waals surface area contributed by atoms with Gasteiger partial charge in [-0.05, 0) is 32.2 Å².